The number of aliphatic imine (C=N–C) groups is 1. The molecular weight excluding hydrogens is 353 g/mol. The lowest BCUT2D eigenvalue weighted by molar-refractivity contribution is 0.306. The van der Waals surface area contributed by atoms with Crippen molar-refractivity contribution in [2.24, 2.45) is 4.99 Å². The number of rotatable bonds is 5. The van der Waals surface area contributed by atoms with Crippen LogP contribution in [0.3, 0.4) is 0 Å². The van der Waals surface area contributed by atoms with Gasteiger partial charge in [-0.3, -0.25) is 4.99 Å². The van der Waals surface area contributed by atoms with Gasteiger partial charge in [0.1, 0.15) is 12.4 Å². The first kappa shape index (κ1) is 17.5. The lowest BCUT2D eigenvalue weighted by atomic mass is 10.2. The van der Waals surface area contributed by atoms with Gasteiger partial charge in [-0.25, -0.2) is 0 Å². The number of hydrogen-bond donors (Lipinski definition) is 0. The fraction of sp³-hybridized carbons (Fsp3) is 0.0952. The van der Waals surface area contributed by atoms with E-state index in [0.29, 0.717) is 16.7 Å². The highest BCUT2D eigenvalue weighted by molar-refractivity contribution is 6.35. The third-order valence-electron chi connectivity index (χ3n) is 3.69. The molecule has 3 aromatic rings. The van der Waals surface area contributed by atoms with E-state index in [2.05, 4.69) is 11.9 Å². The minimum Gasteiger partial charge on any atom is -0.489 e. The van der Waals surface area contributed by atoms with Gasteiger partial charge in [0, 0.05) is 21.8 Å². The highest BCUT2D eigenvalue weighted by Gasteiger charge is 2.02. The topological polar surface area (TPSA) is 21.6 Å². The Morgan fingerprint density at radius 1 is 0.920 bits per heavy atom. The molecule has 0 unspecified atom stereocenters. The van der Waals surface area contributed by atoms with Gasteiger partial charge >= 0.3 is 0 Å². The molecule has 126 valence electrons. The Kier molecular flexibility index (Phi) is 5.75. The maximum Gasteiger partial charge on any atom is 0.119 e. The third-order valence-corrected chi connectivity index (χ3v) is 4.27. The van der Waals surface area contributed by atoms with Gasteiger partial charge in [0.2, 0.25) is 0 Å². The average Bonchev–Trinajstić information content (AvgIpc) is 2.61. The molecule has 0 bridgehead atoms. The van der Waals surface area contributed by atoms with Crippen molar-refractivity contribution in [1.82, 2.24) is 0 Å². The van der Waals surface area contributed by atoms with Gasteiger partial charge in [-0.2, -0.15) is 0 Å². The Bertz CT molecular complexity index is 871. The molecule has 0 aliphatic rings. The predicted octanol–water partition coefficient (Wildman–Crippen LogP) is 6.63. The smallest absolute Gasteiger partial charge is 0.119 e. The zero-order valence-electron chi connectivity index (χ0n) is 13.7. The molecular formula is C21H17Cl2NO. The molecule has 2 nitrogen and oxygen atoms in total. The Balaban J connectivity index is 1.61. The van der Waals surface area contributed by atoms with Gasteiger partial charge in [-0.15, -0.1) is 0 Å². The van der Waals surface area contributed by atoms with Crippen LogP contribution in [0.15, 0.2) is 71.7 Å². The standard InChI is InChI=1S/C21H17Cl2NO/c1-15-2-8-19(9-3-15)24-13-16-4-10-20(11-5-16)25-14-17-6-7-18(22)12-21(17)23/h2-13H,14H2,1H3. The van der Waals surface area contributed by atoms with Crippen molar-refractivity contribution in [3.05, 3.63) is 93.5 Å². The van der Waals surface area contributed by atoms with Gasteiger partial charge in [-0.05, 0) is 61.0 Å². The monoisotopic (exact) mass is 369 g/mol. The number of hydrogen-bond acceptors (Lipinski definition) is 2. The number of nitrogens with zero attached hydrogens (tertiary/aromatic N) is 1. The summed E-state index contributed by atoms with van der Waals surface area (Å²) in [6.07, 6.45) is 1.84. The summed E-state index contributed by atoms with van der Waals surface area (Å²) in [5.41, 5.74) is 4.07. The van der Waals surface area contributed by atoms with E-state index in [1.165, 1.54) is 5.56 Å². The largest absolute Gasteiger partial charge is 0.489 e. The van der Waals surface area contributed by atoms with Crippen LogP contribution in [0.2, 0.25) is 10.0 Å². The van der Waals surface area contributed by atoms with Crippen molar-refractivity contribution in [3.8, 4) is 5.75 Å². The second kappa shape index (κ2) is 8.19. The van der Waals surface area contributed by atoms with Crippen molar-refractivity contribution >= 4 is 35.1 Å². The van der Waals surface area contributed by atoms with Gasteiger partial charge < -0.3 is 4.74 Å². The molecule has 0 amide bonds. The van der Waals surface area contributed by atoms with Crippen LogP contribution in [0, 0.1) is 6.92 Å². The first-order valence-electron chi connectivity index (χ1n) is 7.88. The zero-order chi connectivity index (χ0) is 17.6. The summed E-state index contributed by atoms with van der Waals surface area (Å²) in [4.78, 5) is 4.46. The molecule has 0 aliphatic carbocycles. The first-order chi connectivity index (χ1) is 12.1. The van der Waals surface area contributed by atoms with Crippen LogP contribution in [-0.2, 0) is 6.61 Å². The summed E-state index contributed by atoms with van der Waals surface area (Å²) in [6.45, 7) is 2.45. The lowest BCUT2D eigenvalue weighted by Crippen LogP contribution is -1.96. The molecule has 0 saturated heterocycles. The minimum absolute atomic E-state index is 0.396. The molecule has 3 aromatic carbocycles. The lowest BCUT2D eigenvalue weighted by Gasteiger charge is -2.08. The number of halogens is 2. The summed E-state index contributed by atoms with van der Waals surface area (Å²) < 4.78 is 5.77. The first-order valence-corrected chi connectivity index (χ1v) is 8.63. The minimum atomic E-state index is 0.396. The molecule has 4 heteroatoms. The molecule has 0 N–H and O–H groups in total. The summed E-state index contributed by atoms with van der Waals surface area (Å²) in [5.74, 6) is 0.776. The number of benzene rings is 3. The fourth-order valence-electron chi connectivity index (χ4n) is 2.23. The van der Waals surface area contributed by atoms with Crippen molar-refractivity contribution in [2.75, 3.05) is 0 Å². The molecule has 0 spiro atoms. The van der Waals surface area contributed by atoms with Crippen LogP contribution in [0.1, 0.15) is 16.7 Å². The van der Waals surface area contributed by atoms with Crippen LogP contribution in [0.4, 0.5) is 5.69 Å². The summed E-state index contributed by atoms with van der Waals surface area (Å²) in [5, 5.41) is 1.22. The van der Waals surface area contributed by atoms with E-state index in [0.717, 1.165) is 22.6 Å². The van der Waals surface area contributed by atoms with Crippen molar-refractivity contribution < 1.29 is 4.74 Å². The van der Waals surface area contributed by atoms with Crippen molar-refractivity contribution in [1.29, 1.82) is 0 Å². The van der Waals surface area contributed by atoms with Gasteiger partial charge in [0.15, 0.2) is 0 Å². The second-order valence-electron chi connectivity index (χ2n) is 5.69. The van der Waals surface area contributed by atoms with E-state index in [-0.39, 0.29) is 0 Å². The molecule has 25 heavy (non-hydrogen) atoms. The van der Waals surface area contributed by atoms with E-state index in [1.807, 2.05) is 60.8 Å². The molecule has 0 radical (unpaired) electrons. The second-order valence-corrected chi connectivity index (χ2v) is 6.53. The molecule has 0 fully saturated rings. The molecule has 0 saturated carbocycles. The van der Waals surface area contributed by atoms with Crippen LogP contribution in [-0.4, -0.2) is 6.21 Å². The van der Waals surface area contributed by atoms with Crippen LogP contribution < -0.4 is 4.74 Å². The normalized spacial score (nSPS) is 11.0. The van der Waals surface area contributed by atoms with Crippen LogP contribution in [0.5, 0.6) is 5.75 Å². The molecule has 0 heterocycles. The highest BCUT2D eigenvalue weighted by atomic mass is 35.5. The summed E-state index contributed by atoms with van der Waals surface area (Å²) in [7, 11) is 0. The van der Waals surface area contributed by atoms with E-state index >= 15 is 0 Å². The Morgan fingerprint density at radius 3 is 2.32 bits per heavy atom. The Labute approximate surface area is 157 Å². The van der Waals surface area contributed by atoms with E-state index < -0.39 is 0 Å². The summed E-state index contributed by atoms with van der Waals surface area (Å²) >= 11 is 12.0. The Morgan fingerprint density at radius 2 is 1.64 bits per heavy atom. The SMILES string of the molecule is Cc1ccc(N=Cc2ccc(OCc3ccc(Cl)cc3Cl)cc2)cc1. The van der Waals surface area contributed by atoms with E-state index in [9.17, 15) is 0 Å². The average molecular weight is 370 g/mol. The van der Waals surface area contributed by atoms with E-state index in [4.69, 9.17) is 27.9 Å². The van der Waals surface area contributed by atoms with Crippen molar-refractivity contribution in [2.45, 2.75) is 13.5 Å². The zero-order valence-corrected chi connectivity index (χ0v) is 15.3. The van der Waals surface area contributed by atoms with Crippen LogP contribution in [0.25, 0.3) is 0 Å². The molecule has 0 aromatic heterocycles. The predicted molar refractivity (Wildman–Crippen MR) is 106 cm³/mol. The third kappa shape index (κ3) is 5.09. The highest BCUT2D eigenvalue weighted by Crippen LogP contribution is 2.23. The number of aryl methyl sites for hydroxylation is 1. The maximum absolute atomic E-state index is 6.15. The van der Waals surface area contributed by atoms with Gasteiger partial charge in [0.25, 0.3) is 0 Å². The quantitative estimate of drug-likeness (QED) is 0.462. The van der Waals surface area contributed by atoms with E-state index in [1.54, 1.807) is 12.1 Å². The molecule has 0 atom stereocenters. The van der Waals surface area contributed by atoms with Crippen LogP contribution >= 0.6 is 23.2 Å². The maximum atomic E-state index is 6.15. The number of ether oxygens (including phenoxy) is 1. The molecule has 3 rings (SSSR count). The molecule has 0 aliphatic heterocycles. The fourth-order valence-corrected chi connectivity index (χ4v) is 2.69. The van der Waals surface area contributed by atoms with Gasteiger partial charge in [-0.1, -0.05) is 47.0 Å². The van der Waals surface area contributed by atoms with Gasteiger partial charge in [0.05, 0.1) is 5.69 Å². The Hall–Kier alpha value is -2.29. The summed E-state index contributed by atoms with van der Waals surface area (Å²) in [6, 6.07) is 21.2. The van der Waals surface area contributed by atoms with Crippen molar-refractivity contribution in [3.63, 3.8) is 0 Å².